The van der Waals surface area contributed by atoms with Crippen molar-refractivity contribution >= 4 is 24.2 Å². The van der Waals surface area contributed by atoms with Gasteiger partial charge in [-0.15, -0.1) is 0 Å². The molecule has 0 bridgehead atoms. The summed E-state index contributed by atoms with van der Waals surface area (Å²) in [7, 11) is 1.48. The predicted octanol–water partition coefficient (Wildman–Crippen LogP) is 4.87. The number of amides is 1. The van der Waals surface area contributed by atoms with Crippen molar-refractivity contribution in [3.8, 4) is 17.2 Å². The van der Waals surface area contributed by atoms with Crippen molar-refractivity contribution in [1.29, 1.82) is 0 Å². The van der Waals surface area contributed by atoms with Crippen LogP contribution in [0.3, 0.4) is 0 Å². The Bertz CT molecular complexity index is 1160. The molecule has 0 fully saturated rings. The van der Waals surface area contributed by atoms with Crippen molar-refractivity contribution in [2.45, 2.75) is 13.3 Å². The molecule has 0 unspecified atom stereocenters. The van der Waals surface area contributed by atoms with Gasteiger partial charge in [-0.2, -0.15) is 5.10 Å². The van der Waals surface area contributed by atoms with Gasteiger partial charge in [0.2, 0.25) is 0 Å². The van der Waals surface area contributed by atoms with Gasteiger partial charge >= 0.3 is 5.97 Å². The first kappa shape index (κ1) is 24.3. The quantitative estimate of drug-likeness (QED) is 0.154. The van der Waals surface area contributed by atoms with E-state index in [1.54, 1.807) is 48.5 Å². The molecule has 7 nitrogen and oxygen atoms in total. The van der Waals surface area contributed by atoms with Gasteiger partial charge in [0.25, 0.3) is 5.91 Å². The van der Waals surface area contributed by atoms with Gasteiger partial charge in [-0.1, -0.05) is 37.3 Å². The van der Waals surface area contributed by atoms with Gasteiger partial charge < -0.3 is 14.2 Å². The molecule has 174 valence electrons. The molecule has 0 aliphatic heterocycles. The lowest BCUT2D eigenvalue weighted by atomic mass is 10.2. The lowest BCUT2D eigenvalue weighted by molar-refractivity contribution is -0.129. The third-order valence-corrected chi connectivity index (χ3v) is 4.58. The molecule has 0 atom stereocenters. The third-order valence-electron chi connectivity index (χ3n) is 4.58. The maximum Gasteiger partial charge on any atom is 0.336 e. The number of carbonyl (C=O) groups is 2. The van der Waals surface area contributed by atoms with Crippen LogP contribution in [0.1, 0.15) is 34.8 Å². The molecule has 1 N–H and O–H groups in total. The van der Waals surface area contributed by atoms with Crippen LogP contribution in [0.5, 0.6) is 17.2 Å². The molecule has 0 radical (unpaired) electrons. The Balaban J connectivity index is 1.57. The highest BCUT2D eigenvalue weighted by Gasteiger charge is 2.09. The highest BCUT2D eigenvalue weighted by Crippen LogP contribution is 2.28. The van der Waals surface area contributed by atoms with Crippen LogP contribution in [0.2, 0.25) is 0 Å². The van der Waals surface area contributed by atoms with Crippen LogP contribution in [0.15, 0.2) is 84.0 Å². The van der Waals surface area contributed by atoms with E-state index in [1.165, 1.54) is 19.4 Å². The molecule has 7 heteroatoms. The smallest absolute Gasteiger partial charge is 0.336 e. The molecule has 34 heavy (non-hydrogen) atoms. The second-order valence-electron chi connectivity index (χ2n) is 7.15. The second-order valence-corrected chi connectivity index (χ2v) is 7.15. The van der Waals surface area contributed by atoms with E-state index in [2.05, 4.69) is 10.5 Å². The van der Waals surface area contributed by atoms with Crippen LogP contribution in [-0.2, 0) is 4.79 Å². The van der Waals surface area contributed by atoms with Gasteiger partial charge in [0, 0.05) is 11.6 Å². The van der Waals surface area contributed by atoms with Gasteiger partial charge in [0.1, 0.15) is 5.75 Å². The molecular weight excluding hydrogens is 432 g/mol. The molecule has 0 spiro atoms. The minimum Gasteiger partial charge on any atom is -0.494 e. The van der Waals surface area contributed by atoms with Crippen LogP contribution in [-0.4, -0.2) is 31.8 Å². The predicted molar refractivity (Wildman–Crippen MR) is 131 cm³/mol. The summed E-state index contributed by atoms with van der Waals surface area (Å²) in [6.07, 6.45) is 5.41. The van der Waals surface area contributed by atoms with Gasteiger partial charge in [-0.3, -0.25) is 4.79 Å². The Labute approximate surface area is 198 Å². The number of hydrogen-bond donors (Lipinski definition) is 1. The first-order valence-electron chi connectivity index (χ1n) is 10.8. The fraction of sp³-hybridized carbons (Fsp3) is 0.148. The summed E-state index contributed by atoms with van der Waals surface area (Å²) in [6.45, 7) is 2.65. The number of hydrogen-bond acceptors (Lipinski definition) is 6. The van der Waals surface area contributed by atoms with Crippen LogP contribution in [0, 0.1) is 0 Å². The molecule has 0 saturated heterocycles. The molecular formula is C27H26N2O5. The van der Waals surface area contributed by atoms with E-state index in [9.17, 15) is 9.59 Å². The highest BCUT2D eigenvalue weighted by molar-refractivity contribution is 5.95. The summed E-state index contributed by atoms with van der Waals surface area (Å²) in [5.74, 6) is 0.476. The lowest BCUT2D eigenvalue weighted by Gasteiger charge is -2.08. The maximum atomic E-state index is 12.3. The summed E-state index contributed by atoms with van der Waals surface area (Å²) in [4.78, 5) is 24.4. The number of benzene rings is 3. The molecule has 0 aromatic heterocycles. The highest BCUT2D eigenvalue weighted by atomic mass is 16.6. The van der Waals surface area contributed by atoms with Crippen molar-refractivity contribution < 1.29 is 23.8 Å². The number of nitrogens with one attached hydrogen (secondary N) is 1. The van der Waals surface area contributed by atoms with E-state index >= 15 is 0 Å². The van der Waals surface area contributed by atoms with Crippen molar-refractivity contribution in [3.05, 3.63) is 95.6 Å². The Morgan fingerprint density at radius 2 is 1.71 bits per heavy atom. The number of methoxy groups -OCH3 is 1. The first-order chi connectivity index (χ1) is 16.6. The van der Waals surface area contributed by atoms with Crippen molar-refractivity contribution in [2.75, 3.05) is 13.7 Å². The zero-order valence-corrected chi connectivity index (χ0v) is 19.1. The van der Waals surface area contributed by atoms with Gasteiger partial charge in [0.15, 0.2) is 11.5 Å². The average Bonchev–Trinajstić information content (AvgIpc) is 2.87. The third kappa shape index (κ3) is 7.34. The van der Waals surface area contributed by atoms with Crippen molar-refractivity contribution in [1.82, 2.24) is 5.43 Å². The zero-order valence-electron chi connectivity index (χ0n) is 19.1. The molecule has 0 heterocycles. The first-order valence-corrected chi connectivity index (χ1v) is 10.8. The van der Waals surface area contributed by atoms with Gasteiger partial charge in [-0.25, -0.2) is 10.2 Å². The van der Waals surface area contributed by atoms with Crippen molar-refractivity contribution in [3.63, 3.8) is 0 Å². The molecule has 3 aromatic rings. The van der Waals surface area contributed by atoms with Crippen LogP contribution in [0.25, 0.3) is 6.08 Å². The van der Waals surface area contributed by atoms with E-state index in [1.807, 2.05) is 37.3 Å². The number of ether oxygens (including phenoxy) is 3. The second kappa shape index (κ2) is 12.6. The summed E-state index contributed by atoms with van der Waals surface area (Å²) < 4.78 is 16.2. The lowest BCUT2D eigenvalue weighted by Crippen LogP contribution is -2.17. The summed E-state index contributed by atoms with van der Waals surface area (Å²) in [5.41, 5.74) is 4.49. The molecule has 0 aliphatic rings. The molecule has 0 aliphatic carbocycles. The molecule has 3 rings (SSSR count). The SMILES string of the molecule is CCCOc1ccc(C(=O)NN=Cc2ccc(OC(=O)C=Cc3ccccc3)c(OC)c2)cc1. The monoisotopic (exact) mass is 458 g/mol. The van der Waals surface area contributed by atoms with E-state index in [0.717, 1.165) is 12.0 Å². The van der Waals surface area contributed by atoms with E-state index in [-0.39, 0.29) is 11.7 Å². The number of esters is 1. The number of nitrogens with zero attached hydrogens (tertiary/aromatic N) is 1. The zero-order chi connectivity index (χ0) is 24.2. The topological polar surface area (TPSA) is 86.2 Å². The molecule has 0 saturated carbocycles. The molecule has 3 aromatic carbocycles. The maximum absolute atomic E-state index is 12.3. The number of hydrazone groups is 1. The Kier molecular flexibility index (Phi) is 8.99. The van der Waals surface area contributed by atoms with E-state index < -0.39 is 5.97 Å². The minimum atomic E-state index is -0.526. The van der Waals surface area contributed by atoms with Crippen molar-refractivity contribution in [2.24, 2.45) is 5.10 Å². The summed E-state index contributed by atoms with van der Waals surface area (Å²) in [5, 5.41) is 3.99. The minimum absolute atomic E-state index is 0.275. The average molecular weight is 459 g/mol. The van der Waals surface area contributed by atoms with Gasteiger partial charge in [0.05, 0.1) is 19.9 Å². The standard InChI is InChI=1S/C27H26N2O5/c1-3-17-33-23-13-11-22(12-14-23)27(31)29-28-19-21-9-15-24(25(18-21)32-2)34-26(30)16-10-20-7-5-4-6-8-20/h4-16,18-19H,3,17H2,1-2H3,(H,29,31). The molecule has 1 amide bonds. The Hall–Kier alpha value is -4.39. The normalized spacial score (nSPS) is 10.9. The number of carbonyl (C=O) groups excluding carboxylic acids is 2. The van der Waals surface area contributed by atoms with Gasteiger partial charge in [-0.05, 0) is 66.1 Å². The number of rotatable bonds is 10. The van der Waals surface area contributed by atoms with E-state index in [0.29, 0.717) is 29.2 Å². The van der Waals surface area contributed by atoms with Crippen LogP contribution in [0.4, 0.5) is 0 Å². The summed E-state index contributed by atoms with van der Waals surface area (Å²) >= 11 is 0. The van der Waals surface area contributed by atoms with Crippen LogP contribution < -0.4 is 19.6 Å². The fourth-order valence-electron chi connectivity index (χ4n) is 2.87. The summed E-state index contributed by atoms with van der Waals surface area (Å²) in [6, 6.07) is 21.2. The largest absolute Gasteiger partial charge is 0.494 e. The van der Waals surface area contributed by atoms with E-state index in [4.69, 9.17) is 14.2 Å². The Morgan fingerprint density at radius 3 is 2.41 bits per heavy atom. The van der Waals surface area contributed by atoms with Crippen LogP contribution >= 0.6 is 0 Å². The fourth-order valence-corrected chi connectivity index (χ4v) is 2.87. The Morgan fingerprint density at radius 1 is 0.941 bits per heavy atom.